The number of aromatic nitrogens is 1. The molecule has 0 fully saturated rings. The zero-order valence-corrected chi connectivity index (χ0v) is 6.75. The van der Waals surface area contributed by atoms with Gasteiger partial charge in [-0.2, -0.15) is 0 Å². The molecule has 0 aliphatic rings. The Hall–Kier alpha value is -0.290. The van der Waals surface area contributed by atoms with Gasteiger partial charge in [0.1, 0.15) is 0 Å². The molecule has 0 radical (unpaired) electrons. The van der Waals surface area contributed by atoms with Gasteiger partial charge in [0.05, 0.1) is 0 Å². The van der Waals surface area contributed by atoms with Gasteiger partial charge in [0.25, 0.3) is 0 Å². The van der Waals surface area contributed by atoms with Crippen molar-refractivity contribution in [1.82, 2.24) is 3.35 Å². The van der Waals surface area contributed by atoms with E-state index < -0.39 is 11.5 Å². The van der Waals surface area contributed by atoms with Gasteiger partial charge < -0.3 is 5.11 Å². The highest BCUT2D eigenvalue weighted by molar-refractivity contribution is 7.76. The first-order chi connectivity index (χ1) is 4.05. The van der Waals surface area contributed by atoms with Crippen LogP contribution in [0.15, 0.2) is 0 Å². The van der Waals surface area contributed by atoms with Crippen molar-refractivity contribution in [1.29, 1.82) is 0 Å². The molecule has 0 aliphatic carbocycles. The minimum atomic E-state index is -0.778. The van der Waals surface area contributed by atoms with Crippen LogP contribution in [0.2, 0.25) is 0 Å². The molecule has 0 amide bonds. The summed E-state index contributed by atoms with van der Waals surface area (Å²) in [6.45, 7) is 3.37. The number of carbonyl (C=O) groups is 1. The van der Waals surface area contributed by atoms with Gasteiger partial charge in [-0.15, -0.1) is 0 Å². The van der Waals surface area contributed by atoms with Crippen molar-refractivity contribution in [2.45, 2.75) is 19.4 Å². The highest BCUT2D eigenvalue weighted by Gasteiger charge is 2.32. The lowest BCUT2D eigenvalue weighted by Gasteiger charge is -2.12. The SMILES string of the molecule is CC(C)(C(=O)O)n1ss1. The standard InChI is InChI=1S/C4H7NO2S2/c1-4(2,3(6)7)5-8-9-5/h1-2H3,(H,6,7). The zero-order chi connectivity index (χ0) is 7.07. The molecule has 0 spiro atoms. The van der Waals surface area contributed by atoms with Crippen LogP contribution in [0, 0.1) is 0 Å². The topological polar surface area (TPSA) is 42.2 Å². The fourth-order valence-corrected chi connectivity index (χ4v) is 2.06. The molecule has 0 bridgehead atoms. The summed E-state index contributed by atoms with van der Waals surface area (Å²) in [5, 5.41) is 8.58. The third-order valence-electron chi connectivity index (χ3n) is 1.13. The van der Waals surface area contributed by atoms with Crippen molar-refractivity contribution >= 4 is 27.0 Å². The van der Waals surface area contributed by atoms with Crippen LogP contribution in [0.4, 0.5) is 0 Å². The maximum absolute atomic E-state index is 10.4. The molecule has 1 aromatic rings. The number of nitrogens with zero attached hydrogens (tertiary/aromatic N) is 1. The Morgan fingerprint density at radius 1 is 1.56 bits per heavy atom. The number of carboxylic acids is 1. The van der Waals surface area contributed by atoms with E-state index in [9.17, 15) is 4.79 Å². The van der Waals surface area contributed by atoms with Crippen LogP contribution in [0.25, 0.3) is 0 Å². The Labute approximate surface area is 60.2 Å². The molecule has 52 valence electrons. The van der Waals surface area contributed by atoms with E-state index in [0.29, 0.717) is 0 Å². The molecular weight excluding hydrogens is 158 g/mol. The van der Waals surface area contributed by atoms with Crippen LogP contribution in [0.3, 0.4) is 0 Å². The Bertz CT molecular complexity index is 199. The Kier molecular flexibility index (Phi) is 1.40. The van der Waals surface area contributed by atoms with Gasteiger partial charge >= 0.3 is 5.97 Å². The number of rotatable bonds is 2. The first-order valence-electron chi connectivity index (χ1n) is 2.43. The van der Waals surface area contributed by atoms with Crippen LogP contribution in [-0.2, 0) is 10.3 Å². The summed E-state index contributed by atoms with van der Waals surface area (Å²) in [7, 11) is 2.95. The molecule has 0 saturated carbocycles. The summed E-state index contributed by atoms with van der Waals surface area (Å²) in [6.07, 6.45) is 0. The average molecular weight is 165 g/mol. The molecule has 1 N–H and O–H groups in total. The maximum Gasteiger partial charge on any atom is 0.331 e. The van der Waals surface area contributed by atoms with Crippen LogP contribution in [0.1, 0.15) is 13.8 Å². The van der Waals surface area contributed by atoms with Crippen LogP contribution >= 0.6 is 21.1 Å². The van der Waals surface area contributed by atoms with Crippen molar-refractivity contribution in [3.05, 3.63) is 0 Å². The monoisotopic (exact) mass is 165 g/mol. The van der Waals surface area contributed by atoms with E-state index in [4.69, 9.17) is 5.11 Å². The summed E-state index contributed by atoms with van der Waals surface area (Å²) in [5.74, 6) is -0.778. The quantitative estimate of drug-likeness (QED) is 0.673. The van der Waals surface area contributed by atoms with Gasteiger partial charge in [-0.05, 0) is 13.8 Å². The predicted octanol–water partition coefficient (Wildman–Crippen LogP) is 1.43. The molecule has 0 unspecified atom stereocenters. The van der Waals surface area contributed by atoms with Crippen LogP contribution in [0.5, 0.6) is 0 Å². The second-order valence-corrected chi connectivity index (χ2v) is 4.42. The van der Waals surface area contributed by atoms with Gasteiger partial charge in [0.15, 0.2) is 5.54 Å². The molecule has 0 aromatic carbocycles. The van der Waals surface area contributed by atoms with Crippen LogP contribution < -0.4 is 0 Å². The highest BCUT2D eigenvalue weighted by Crippen LogP contribution is 2.30. The van der Waals surface area contributed by atoms with Gasteiger partial charge in [-0.1, -0.05) is 0 Å². The van der Waals surface area contributed by atoms with Crippen molar-refractivity contribution < 1.29 is 9.90 Å². The van der Waals surface area contributed by atoms with Gasteiger partial charge in [0.2, 0.25) is 0 Å². The molecule has 0 saturated heterocycles. The number of hydrogen-bond donors (Lipinski definition) is 1. The van der Waals surface area contributed by atoms with Crippen molar-refractivity contribution in [2.24, 2.45) is 0 Å². The largest absolute Gasteiger partial charge is 0.479 e. The highest BCUT2D eigenvalue weighted by atomic mass is 33.0. The summed E-state index contributed by atoms with van der Waals surface area (Å²) in [4.78, 5) is 10.4. The lowest BCUT2D eigenvalue weighted by atomic mass is 10.1. The van der Waals surface area contributed by atoms with E-state index in [1.165, 1.54) is 21.1 Å². The summed E-state index contributed by atoms with van der Waals surface area (Å²) >= 11 is 0. The van der Waals surface area contributed by atoms with Gasteiger partial charge in [0, 0.05) is 21.1 Å². The first-order valence-corrected chi connectivity index (χ1v) is 4.50. The second-order valence-electron chi connectivity index (χ2n) is 2.27. The molecule has 5 heteroatoms. The number of hydrogen-bond acceptors (Lipinski definition) is 3. The van der Waals surface area contributed by atoms with E-state index in [1.807, 2.05) is 0 Å². The summed E-state index contributed by atoms with van der Waals surface area (Å²) in [6, 6.07) is 0. The third-order valence-corrected chi connectivity index (χ3v) is 3.23. The fraction of sp³-hybridized carbons (Fsp3) is 0.750. The van der Waals surface area contributed by atoms with E-state index in [2.05, 4.69) is 0 Å². The lowest BCUT2D eigenvalue weighted by Crippen LogP contribution is -2.30. The Morgan fingerprint density at radius 3 is 2.11 bits per heavy atom. The van der Waals surface area contributed by atoms with Gasteiger partial charge in [-0.3, -0.25) is 0 Å². The summed E-state index contributed by atoms with van der Waals surface area (Å²) < 4.78 is 1.75. The van der Waals surface area contributed by atoms with E-state index >= 15 is 0 Å². The molecule has 0 aliphatic heterocycles. The number of aliphatic carboxylic acids is 1. The molecule has 1 aromatic heterocycles. The molecule has 1 rings (SSSR count). The zero-order valence-electron chi connectivity index (χ0n) is 5.12. The van der Waals surface area contributed by atoms with E-state index in [-0.39, 0.29) is 0 Å². The molecular formula is C4H7NO2S2. The molecule has 0 atom stereocenters. The van der Waals surface area contributed by atoms with Gasteiger partial charge in [-0.25, -0.2) is 8.14 Å². The first kappa shape index (κ1) is 6.82. The van der Waals surface area contributed by atoms with E-state index in [0.717, 1.165) is 0 Å². The van der Waals surface area contributed by atoms with Crippen molar-refractivity contribution in [2.75, 3.05) is 0 Å². The normalized spacial score (nSPS) is 12.2. The third kappa shape index (κ3) is 1.16. The minimum absolute atomic E-state index is 0.713. The Morgan fingerprint density at radius 2 is 2.00 bits per heavy atom. The molecule has 1 heterocycles. The van der Waals surface area contributed by atoms with Crippen molar-refractivity contribution in [3.63, 3.8) is 0 Å². The molecule has 9 heavy (non-hydrogen) atoms. The predicted molar refractivity (Wildman–Crippen MR) is 37.1 cm³/mol. The van der Waals surface area contributed by atoms with E-state index in [1.54, 1.807) is 17.2 Å². The number of carboxylic acid groups (broad SMARTS) is 1. The molecule has 3 nitrogen and oxygen atoms in total. The van der Waals surface area contributed by atoms with Crippen molar-refractivity contribution in [3.8, 4) is 0 Å². The van der Waals surface area contributed by atoms with Crippen LogP contribution in [-0.4, -0.2) is 14.4 Å². The fourth-order valence-electron chi connectivity index (χ4n) is 0.281. The minimum Gasteiger partial charge on any atom is -0.479 e. The average Bonchev–Trinajstić information content (AvgIpc) is 2.42. The second kappa shape index (κ2) is 1.85. The summed E-state index contributed by atoms with van der Waals surface area (Å²) in [5.41, 5.74) is -0.713. The Balaban J connectivity index is 2.76. The lowest BCUT2D eigenvalue weighted by molar-refractivity contribution is -0.144. The smallest absolute Gasteiger partial charge is 0.331 e. The maximum atomic E-state index is 10.4.